The number of hydrogen-bond acceptors (Lipinski definition) is 4. The van der Waals surface area contributed by atoms with Crippen molar-refractivity contribution in [3.05, 3.63) is 52.2 Å². The lowest BCUT2D eigenvalue weighted by atomic mass is 9.95. The molecule has 0 bridgehead atoms. The van der Waals surface area contributed by atoms with Gasteiger partial charge in [0, 0.05) is 26.1 Å². The molecule has 0 unspecified atom stereocenters. The first-order valence-corrected chi connectivity index (χ1v) is 9.68. The summed E-state index contributed by atoms with van der Waals surface area (Å²) in [6, 6.07) is 10.2. The Bertz CT molecular complexity index is 769. The van der Waals surface area contributed by atoms with E-state index in [4.69, 9.17) is 4.74 Å². The predicted octanol–water partition coefficient (Wildman–Crippen LogP) is 1.85. The van der Waals surface area contributed by atoms with Crippen LogP contribution in [0.4, 0.5) is 0 Å². The highest BCUT2D eigenvalue weighted by Crippen LogP contribution is 2.27. The summed E-state index contributed by atoms with van der Waals surface area (Å²) in [7, 11) is 1.75. The SMILES string of the molecule is Cn1nc(C2CCN(C[C@H]3CCOC3)CC2)n(Cc2ccccc2)c1=O. The lowest BCUT2D eigenvalue weighted by Gasteiger charge is -2.32. The van der Waals surface area contributed by atoms with Gasteiger partial charge in [-0.2, -0.15) is 5.10 Å². The fourth-order valence-corrected chi connectivity index (χ4v) is 4.21. The van der Waals surface area contributed by atoms with E-state index in [1.54, 1.807) is 7.05 Å². The lowest BCUT2D eigenvalue weighted by Crippen LogP contribution is -2.37. The number of aryl methyl sites for hydroxylation is 1. The third-order valence-electron chi connectivity index (χ3n) is 5.71. The molecule has 2 saturated heterocycles. The van der Waals surface area contributed by atoms with Gasteiger partial charge in [0.1, 0.15) is 5.82 Å². The summed E-state index contributed by atoms with van der Waals surface area (Å²) in [5.74, 6) is 2.01. The molecule has 6 nitrogen and oxygen atoms in total. The number of nitrogens with zero attached hydrogens (tertiary/aromatic N) is 4. The number of likely N-dealkylation sites (tertiary alicyclic amines) is 1. The first-order chi connectivity index (χ1) is 12.7. The highest BCUT2D eigenvalue weighted by atomic mass is 16.5. The van der Waals surface area contributed by atoms with Crippen LogP contribution < -0.4 is 5.69 Å². The van der Waals surface area contributed by atoms with Gasteiger partial charge >= 0.3 is 5.69 Å². The zero-order valence-corrected chi connectivity index (χ0v) is 15.5. The van der Waals surface area contributed by atoms with E-state index in [9.17, 15) is 4.79 Å². The summed E-state index contributed by atoms with van der Waals surface area (Å²) in [6.45, 7) is 5.74. The van der Waals surface area contributed by atoms with Gasteiger partial charge in [-0.3, -0.25) is 4.57 Å². The molecule has 0 saturated carbocycles. The van der Waals surface area contributed by atoms with Crippen LogP contribution in [0.15, 0.2) is 35.1 Å². The Hall–Kier alpha value is -1.92. The van der Waals surface area contributed by atoms with Gasteiger partial charge in [0.05, 0.1) is 13.2 Å². The average Bonchev–Trinajstić information content (AvgIpc) is 3.27. The maximum atomic E-state index is 12.6. The van der Waals surface area contributed by atoms with Crippen LogP contribution in [0.1, 0.15) is 36.6 Å². The number of hydrogen-bond donors (Lipinski definition) is 0. The number of rotatable bonds is 5. The average molecular weight is 356 g/mol. The predicted molar refractivity (Wildman–Crippen MR) is 100 cm³/mol. The van der Waals surface area contributed by atoms with Crippen molar-refractivity contribution in [3.63, 3.8) is 0 Å². The number of piperidine rings is 1. The molecule has 2 fully saturated rings. The third kappa shape index (κ3) is 3.76. The second-order valence-corrected chi connectivity index (χ2v) is 7.64. The molecule has 0 spiro atoms. The Morgan fingerprint density at radius 2 is 1.92 bits per heavy atom. The smallest absolute Gasteiger partial charge is 0.345 e. The van der Waals surface area contributed by atoms with Crippen molar-refractivity contribution in [3.8, 4) is 0 Å². The summed E-state index contributed by atoms with van der Waals surface area (Å²) in [6.07, 6.45) is 3.33. The minimum atomic E-state index is -0.0191. The van der Waals surface area contributed by atoms with Crippen LogP contribution in [0.2, 0.25) is 0 Å². The van der Waals surface area contributed by atoms with Crippen molar-refractivity contribution < 1.29 is 4.74 Å². The summed E-state index contributed by atoms with van der Waals surface area (Å²) in [5, 5.41) is 4.59. The highest BCUT2D eigenvalue weighted by molar-refractivity contribution is 5.16. The Kier molecular flexibility index (Phi) is 5.22. The molecule has 1 aromatic heterocycles. The normalized spacial score (nSPS) is 22.1. The Labute approximate surface area is 154 Å². The van der Waals surface area contributed by atoms with Crippen LogP contribution in [0.25, 0.3) is 0 Å². The van der Waals surface area contributed by atoms with Crippen molar-refractivity contribution in [2.24, 2.45) is 13.0 Å². The van der Waals surface area contributed by atoms with Crippen molar-refractivity contribution in [2.45, 2.75) is 31.7 Å². The van der Waals surface area contributed by atoms with Gasteiger partial charge in [-0.15, -0.1) is 0 Å². The molecule has 140 valence electrons. The maximum absolute atomic E-state index is 12.6. The first kappa shape index (κ1) is 17.5. The topological polar surface area (TPSA) is 52.3 Å². The standard InChI is InChI=1S/C20H28N4O2/c1-22-20(25)24(14-16-5-3-2-4-6-16)19(21-22)18-7-10-23(11-8-18)13-17-9-12-26-15-17/h2-6,17-18H,7-15H2,1H3/t17-/m1/s1. The fourth-order valence-electron chi connectivity index (χ4n) is 4.21. The highest BCUT2D eigenvalue weighted by Gasteiger charge is 2.28. The number of aromatic nitrogens is 3. The van der Waals surface area contributed by atoms with Gasteiger partial charge < -0.3 is 9.64 Å². The number of benzene rings is 1. The molecular formula is C20H28N4O2. The van der Waals surface area contributed by atoms with E-state index in [1.165, 1.54) is 11.1 Å². The van der Waals surface area contributed by atoms with E-state index in [0.29, 0.717) is 18.4 Å². The van der Waals surface area contributed by atoms with E-state index in [0.717, 1.165) is 57.1 Å². The van der Waals surface area contributed by atoms with Crippen LogP contribution in [0.3, 0.4) is 0 Å². The molecule has 0 radical (unpaired) electrons. The zero-order valence-electron chi connectivity index (χ0n) is 15.5. The van der Waals surface area contributed by atoms with Crippen molar-refractivity contribution in [1.29, 1.82) is 0 Å². The van der Waals surface area contributed by atoms with Crippen LogP contribution in [-0.2, 0) is 18.3 Å². The molecule has 0 N–H and O–H groups in total. The lowest BCUT2D eigenvalue weighted by molar-refractivity contribution is 0.150. The quantitative estimate of drug-likeness (QED) is 0.820. The molecule has 1 aromatic carbocycles. The molecule has 2 aliphatic rings. The van der Waals surface area contributed by atoms with E-state index in [-0.39, 0.29) is 5.69 Å². The van der Waals surface area contributed by atoms with Gasteiger partial charge in [-0.25, -0.2) is 9.48 Å². The minimum Gasteiger partial charge on any atom is -0.381 e. The first-order valence-electron chi connectivity index (χ1n) is 9.68. The van der Waals surface area contributed by atoms with Gasteiger partial charge in [-0.1, -0.05) is 30.3 Å². The monoisotopic (exact) mass is 356 g/mol. The molecule has 0 amide bonds. The Balaban J connectivity index is 1.45. The molecule has 1 atom stereocenters. The Morgan fingerprint density at radius 1 is 1.15 bits per heavy atom. The molecule has 0 aliphatic carbocycles. The van der Waals surface area contributed by atoms with Gasteiger partial charge in [-0.05, 0) is 43.8 Å². The van der Waals surface area contributed by atoms with Gasteiger partial charge in [0.2, 0.25) is 0 Å². The van der Waals surface area contributed by atoms with Crippen molar-refractivity contribution >= 4 is 0 Å². The van der Waals surface area contributed by atoms with Crippen molar-refractivity contribution in [2.75, 3.05) is 32.8 Å². The third-order valence-corrected chi connectivity index (χ3v) is 5.71. The van der Waals surface area contributed by atoms with Crippen LogP contribution in [0.5, 0.6) is 0 Å². The van der Waals surface area contributed by atoms with Crippen LogP contribution in [-0.4, -0.2) is 52.1 Å². The summed E-state index contributed by atoms with van der Waals surface area (Å²) in [5.41, 5.74) is 1.12. The molecule has 26 heavy (non-hydrogen) atoms. The minimum absolute atomic E-state index is 0.0191. The van der Waals surface area contributed by atoms with Crippen LogP contribution >= 0.6 is 0 Å². The fraction of sp³-hybridized carbons (Fsp3) is 0.600. The molecule has 2 aliphatic heterocycles. The summed E-state index contributed by atoms with van der Waals surface area (Å²) in [4.78, 5) is 15.1. The van der Waals surface area contributed by atoms with Crippen LogP contribution in [0, 0.1) is 5.92 Å². The number of ether oxygens (including phenoxy) is 1. The zero-order chi connectivity index (χ0) is 17.9. The molecule has 3 heterocycles. The van der Waals surface area contributed by atoms with Crippen molar-refractivity contribution in [1.82, 2.24) is 19.2 Å². The molecular weight excluding hydrogens is 328 g/mol. The molecule has 2 aromatic rings. The van der Waals surface area contributed by atoms with Gasteiger partial charge in [0.15, 0.2) is 0 Å². The Morgan fingerprint density at radius 3 is 2.62 bits per heavy atom. The second-order valence-electron chi connectivity index (χ2n) is 7.64. The largest absolute Gasteiger partial charge is 0.381 e. The second kappa shape index (κ2) is 7.76. The summed E-state index contributed by atoms with van der Waals surface area (Å²) < 4.78 is 8.85. The molecule has 4 rings (SSSR count). The summed E-state index contributed by atoms with van der Waals surface area (Å²) >= 11 is 0. The van der Waals surface area contributed by atoms with E-state index >= 15 is 0 Å². The van der Waals surface area contributed by atoms with E-state index < -0.39 is 0 Å². The maximum Gasteiger partial charge on any atom is 0.345 e. The molecule has 6 heteroatoms. The van der Waals surface area contributed by atoms with Gasteiger partial charge in [0.25, 0.3) is 0 Å². The van der Waals surface area contributed by atoms with E-state index in [2.05, 4.69) is 22.1 Å². The van der Waals surface area contributed by atoms with E-state index in [1.807, 2.05) is 22.8 Å².